The summed E-state index contributed by atoms with van der Waals surface area (Å²) in [7, 11) is 0. The second kappa shape index (κ2) is 3.18. The van der Waals surface area contributed by atoms with Gasteiger partial charge in [-0.15, -0.1) is 0 Å². The zero-order valence-electron chi connectivity index (χ0n) is 6.24. The van der Waals surface area contributed by atoms with Crippen LogP contribution < -0.4 is 5.73 Å². The zero-order chi connectivity index (χ0) is 10.0. The van der Waals surface area contributed by atoms with Crippen molar-refractivity contribution in [3.05, 3.63) is 17.5 Å². The Labute approximate surface area is 71.4 Å². The number of amides is 1. The first-order valence-corrected chi connectivity index (χ1v) is 3.13. The number of aromatic nitrogens is 2. The average Bonchev–Trinajstić information content (AvgIpc) is 2.47. The van der Waals surface area contributed by atoms with Crippen LogP contribution >= 0.6 is 0 Å². The van der Waals surface area contributed by atoms with Crippen molar-refractivity contribution in [2.24, 2.45) is 5.73 Å². The van der Waals surface area contributed by atoms with E-state index in [0.29, 0.717) is 0 Å². The Morgan fingerprint density at radius 3 is 2.69 bits per heavy atom. The van der Waals surface area contributed by atoms with Crippen molar-refractivity contribution in [2.75, 3.05) is 0 Å². The Kier molecular flexibility index (Phi) is 2.23. The van der Waals surface area contributed by atoms with Crippen molar-refractivity contribution >= 4 is 5.91 Å². The van der Waals surface area contributed by atoms with Crippen molar-refractivity contribution < 1.29 is 13.6 Å². The first-order valence-electron chi connectivity index (χ1n) is 3.13. The van der Waals surface area contributed by atoms with Crippen molar-refractivity contribution in [2.45, 2.75) is 6.55 Å². The normalized spacial score (nSPS) is 10.0. The largest absolute Gasteiger partial charge is 0.365 e. The molecule has 1 heterocycles. The van der Waals surface area contributed by atoms with Gasteiger partial charge in [0.25, 0.3) is 5.91 Å². The summed E-state index contributed by atoms with van der Waals surface area (Å²) in [6, 6.07) is 1.49. The van der Waals surface area contributed by atoms with Gasteiger partial charge < -0.3 is 5.73 Å². The highest BCUT2D eigenvalue weighted by Gasteiger charge is 2.16. The number of hydrogen-bond donors (Lipinski definition) is 1. The van der Waals surface area contributed by atoms with Crippen molar-refractivity contribution in [3.8, 4) is 6.07 Å². The van der Waals surface area contributed by atoms with Gasteiger partial charge in [0, 0.05) is 6.20 Å². The fourth-order valence-corrected chi connectivity index (χ4v) is 0.755. The third kappa shape index (κ3) is 1.61. The summed E-state index contributed by atoms with van der Waals surface area (Å²) in [6.07, 6.45) is 0.742. The van der Waals surface area contributed by atoms with Crippen molar-refractivity contribution in [1.82, 2.24) is 9.78 Å². The number of nitriles is 1. The number of primary amides is 1. The van der Waals surface area contributed by atoms with Gasteiger partial charge in [-0.05, 0) is 0 Å². The minimum absolute atomic E-state index is 0.207. The lowest BCUT2D eigenvalue weighted by atomic mass is 10.2. The molecule has 0 radical (unpaired) electrons. The van der Waals surface area contributed by atoms with Gasteiger partial charge in [-0.25, -0.2) is 4.68 Å². The monoisotopic (exact) mass is 186 g/mol. The summed E-state index contributed by atoms with van der Waals surface area (Å²) in [5.74, 6) is -0.955. The van der Waals surface area contributed by atoms with Gasteiger partial charge in [0.1, 0.15) is 6.07 Å². The highest BCUT2D eigenvalue weighted by Crippen LogP contribution is 2.12. The summed E-state index contributed by atoms with van der Waals surface area (Å²) in [5.41, 5.74) is 4.12. The summed E-state index contributed by atoms with van der Waals surface area (Å²) in [4.78, 5) is 10.6. The van der Waals surface area contributed by atoms with Crippen LogP contribution in [0.25, 0.3) is 0 Å². The molecule has 0 aliphatic carbocycles. The Balaban J connectivity index is 3.21. The highest BCUT2D eigenvalue weighted by molar-refractivity contribution is 5.94. The molecule has 0 aromatic carbocycles. The van der Waals surface area contributed by atoms with Gasteiger partial charge in [-0.2, -0.15) is 19.1 Å². The quantitative estimate of drug-likeness (QED) is 0.718. The van der Waals surface area contributed by atoms with Crippen LogP contribution in [-0.2, 0) is 0 Å². The van der Waals surface area contributed by atoms with Gasteiger partial charge in [0.2, 0.25) is 0 Å². The van der Waals surface area contributed by atoms with Gasteiger partial charge in [0.15, 0.2) is 5.69 Å². The molecule has 2 N–H and O–H groups in total. The molecule has 1 aromatic rings. The maximum Gasteiger partial charge on any atom is 0.333 e. The van der Waals surface area contributed by atoms with E-state index in [0.717, 1.165) is 6.20 Å². The molecule has 0 unspecified atom stereocenters. The Hall–Kier alpha value is -1.97. The second-order valence-corrected chi connectivity index (χ2v) is 2.13. The number of hydrogen-bond acceptors (Lipinski definition) is 3. The summed E-state index contributed by atoms with van der Waals surface area (Å²) in [6.45, 7) is -2.89. The molecule has 0 saturated heterocycles. The molecule has 5 nitrogen and oxygen atoms in total. The second-order valence-electron chi connectivity index (χ2n) is 2.13. The molecule has 13 heavy (non-hydrogen) atoms. The lowest BCUT2D eigenvalue weighted by molar-refractivity contribution is 0.0564. The molecule has 1 aromatic heterocycles. The van der Waals surface area contributed by atoms with E-state index < -0.39 is 18.2 Å². The summed E-state index contributed by atoms with van der Waals surface area (Å²) >= 11 is 0. The summed E-state index contributed by atoms with van der Waals surface area (Å²) < 4.78 is 24.2. The molecule has 0 aliphatic rings. The molecule has 0 bridgehead atoms. The Bertz CT molecular complexity index is 378. The van der Waals surface area contributed by atoms with Gasteiger partial charge >= 0.3 is 6.55 Å². The van der Waals surface area contributed by atoms with Crippen molar-refractivity contribution in [1.29, 1.82) is 5.26 Å². The first kappa shape index (κ1) is 9.12. The maximum atomic E-state index is 12.0. The molecule has 0 fully saturated rings. The van der Waals surface area contributed by atoms with E-state index in [1.165, 1.54) is 6.07 Å². The molecule has 1 rings (SSSR count). The fourth-order valence-electron chi connectivity index (χ4n) is 0.755. The van der Waals surface area contributed by atoms with Crippen LogP contribution in [0.1, 0.15) is 22.6 Å². The van der Waals surface area contributed by atoms with Crippen LogP contribution in [-0.4, -0.2) is 15.7 Å². The average molecular weight is 186 g/mol. The molecule has 0 atom stereocenters. The number of carbonyl (C=O) groups excluding carboxylic acids is 1. The van der Waals surface area contributed by atoms with E-state index >= 15 is 0 Å². The predicted molar refractivity (Wildman–Crippen MR) is 36.7 cm³/mol. The third-order valence-electron chi connectivity index (χ3n) is 1.30. The zero-order valence-corrected chi connectivity index (χ0v) is 6.24. The minimum atomic E-state index is -2.89. The molecular weight excluding hydrogens is 182 g/mol. The van der Waals surface area contributed by atoms with Gasteiger partial charge in [0.05, 0.1) is 5.56 Å². The standard InChI is InChI=1S/C6H4F2N4O/c7-6(8)12-2-3(5(10)13)4(1-9)11-12/h2,6H,(H2,10,13). The predicted octanol–water partition coefficient (Wildman–Crippen LogP) is 0.249. The molecule has 0 aliphatic heterocycles. The summed E-state index contributed by atoms with van der Waals surface area (Å²) in [5, 5.41) is 11.5. The van der Waals surface area contributed by atoms with Crippen LogP contribution in [0.5, 0.6) is 0 Å². The number of alkyl halides is 2. The Morgan fingerprint density at radius 1 is 1.77 bits per heavy atom. The van der Waals surface area contributed by atoms with Crippen molar-refractivity contribution in [3.63, 3.8) is 0 Å². The van der Waals surface area contributed by atoms with Crippen LogP contribution in [0.2, 0.25) is 0 Å². The molecule has 0 saturated carbocycles. The topological polar surface area (TPSA) is 84.7 Å². The van der Waals surface area contributed by atoms with Gasteiger partial charge in [-0.3, -0.25) is 4.79 Å². The molecule has 7 heteroatoms. The number of halogens is 2. The van der Waals surface area contributed by atoms with Crippen LogP contribution in [0.15, 0.2) is 6.20 Å². The smallest absolute Gasteiger partial charge is 0.333 e. The Morgan fingerprint density at radius 2 is 2.38 bits per heavy atom. The number of carbonyl (C=O) groups is 1. The van der Waals surface area contributed by atoms with Crippen LogP contribution in [0.4, 0.5) is 8.78 Å². The van der Waals surface area contributed by atoms with E-state index in [4.69, 9.17) is 11.0 Å². The highest BCUT2D eigenvalue weighted by atomic mass is 19.3. The molecule has 68 valence electrons. The molecule has 0 spiro atoms. The van der Waals surface area contributed by atoms with E-state index in [9.17, 15) is 13.6 Å². The van der Waals surface area contributed by atoms with E-state index in [-0.39, 0.29) is 10.2 Å². The van der Waals surface area contributed by atoms with E-state index in [2.05, 4.69) is 5.10 Å². The molecule has 1 amide bonds. The van der Waals surface area contributed by atoms with E-state index in [1.807, 2.05) is 0 Å². The molecular formula is C6H4F2N4O. The lowest BCUT2D eigenvalue weighted by Crippen LogP contribution is -2.11. The van der Waals surface area contributed by atoms with Crippen LogP contribution in [0, 0.1) is 11.3 Å². The third-order valence-corrected chi connectivity index (χ3v) is 1.30. The van der Waals surface area contributed by atoms with E-state index in [1.54, 1.807) is 0 Å². The fraction of sp³-hybridized carbons (Fsp3) is 0.167. The number of rotatable bonds is 2. The lowest BCUT2D eigenvalue weighted by Gasteiger charge is -1.94. The number of nitrogens with zero attached hydrogens (tertiary/aromatic N) is 3. The maximum absolute atomic E-state index is 12.0. The van der Waals surface area contributed by atoms with Crippen LogP contribution in [0.3, 0.4) is 0 Å². The SMILES string of the molecule is N#Cc1nn(C(F)F)cc1C(N)=O. The first-order chi connectivity index (χ1) is 6.06. The minimum Gasteiger partial charge on any atom is -0.365 e. The number of nitrogens with two attached hydrogens (primary N) is 1. The van der Waals surface area contributed by atoms with Gasteiger partial charge in [-0.1, -0.05) is 0 Å².